The molecule has 0 atom stereocenters. The zero-order valence-electron chi connectivity index (χ0n) is 13.6. The molecular formula is C17H20F4O2. The molecule has 2 nitrogen and oxygen atoms in total. The Morgan fingerprint density at radius 1 is 1.09 bits per heavy atom. The number of halogens is 4. The summed E-state index contributed by atoms with van der Waals surface area (Å²) in [5, 5.41) is 0. The van der Waals surface area contributed by atoms with Gasteiger partial charge in [0, 0.05) is 5.57 Å². The maximum absolute atomic E-state index is 13.7. The third-order valence-electron chi connectivity index (χ3n) is 3.30. The number of rotatable bonds is 5. The van der Waals surface area contributed by atoms with Crippen molar-refractivity contribution in [2.45, 2.75) is 45.5 Å². The molecule has 0 aromatic heterocycles. The van der Waals surface area contributed by atoms with E-state index in [2.05, 4.69) is 4.74 Å². The number of allylic oxidation sites excluding steroid dienone is 1. The number of hydrogen-bond acceptors (Lipinski definition) is 2. The van der Waals surface area contributed by atoms with Gasteiger partial charge < -0.3 is 4.74 Å². The highest BCUT2D eigenvalue weighted by atomic mass is 19.3. The second-order valence-corrected chi connectivity index (χ2v) is 6.17. The van der Waals surface area contributed by atoms with Crippen molar-refractivity contribution in [1.29, 1.82) is 0 Å². The lowest BCUT2D eigenvalue weighted by molar-refractivity contribution is -0.170. The molecule has 1 aromatic rings. The van der Waals surface area contributed by atoms with Gasteiger partial charge in [-0.2, -0.15) is 17.6 Å². The molecule has 0 aliphatic heterocycles. The number of ether oxygens (including phenoxy) is 1. The van der Waals surface area contributed by atoms with Gasteiger partial charge in [0.1, 0.15) is 0 Å². The van der Waals surface area contributed by atoms with E-state index in [4.69, 9.17) is 0 Å². The van der Waals surface area contributed by atoms with Crippen molar-refractivity contribution in [3.8, 4) is 0 Å². The molecule has 0 fully saturated rings. The molecule has 6 heteroatoms. The lowest BCUT2D eigenvalue weighted by Gasteiger charge is -2.20. The number of carbonyl (C=O) groups excluding carboxylic acids is 1. The number of hydrogen-bond donors (Lipinski definition) is 0. The fourth-order valence-corrected chi connectivity index (χ4v) is 1.98. The minimum Gasteiger partial charge on any atom is -0.462 e. The van der Waals surface area contributed by atoms with Gasteiger partial charge in [0.2, 0.25) is 0 Å². The van der Waals surface area contributed by atoms with Gasteiger partial charge in [-0.05, 0) is 23.5 Å². The Morgan fingerprint density at radius 2 is 1.61 bits per heavy atom. The van der Waals surface area contributed by atoms with Crippen LogP contribution in [0.2, 0.25) is 0 Å². The van der Waals surface area contributed by atoms with E-state index in [1.807, 2.05) is 20.8 Å². The number of esters is 1. The van der Waals surface area contributed by atoms with Gasteiger partial charge in [-0.1, -0.05) is 45.0 Å². The lowest BCUT2D eigenvalue weighted by Crippen LogP contribution is -2.31. The highest BCUT2D eigenvalue weighted by Crippen LogP contribution is 2.34. The molecule has 1 aromatic carbocycles. The Morgan fingerprint density at radius 3 is 2.00 bits per heavy atom. The Balaban J connectivity index is 3.10. The first-order chi connectivity index (χ1) is 10.5. The van der Waals surface area contributed by atoms with E-state index in [0.29, 0.717) is 0 Å². The van der Waals surface area contributed by atoms with Crippen LogP contribution in [0.15, 0.2) is 30.3 Å². The normalized spacial score (nSPS) is 12.0. The Kier molecular flexibility index (Phi) is 5.97. The van der Waals surface area contributed by atoms with Gasteiger partial charge in [0.15, 0.2) is 0 Å². The minimum atomic E-state index is -4.00. The summed E-state index contributed by atoms with van der Waals surface area (Å²) in [5.41, 5.74) is -0.201. The number of benzene rings is 1. The molecule has 0 saturated carbocycles. The van der Waals surface area contributed by atoms with Crippen molar-refractivity contribution in [2.24, 2.45) is 0 Å². The molecule has 0 spiro atoms. The van der Waals surface area contributed by atoms with E-state index in [0.717, 1.165) is 5.56 Å². The molecule has 128 valence electrons. The Labute approximate surface area is 133 Å². The molecule has 0 heterocycles. The van der Waals surface area contributed by atoms with Crippen molar-refractivity contribution in [3.63, 3.8) is 0 Å². The van der Waals surface area contributed by atoms with Gasteiger partial charge in [-0.25, -0.2) is 4.79 Å². The smallest absolute Gasteiger partial charge is 0.377 e. The van der Waals surface area contributed by atoms with Crippen LogP contribution in [0.3, 0.4) is 0 Å². The van der Waals surface area contributed by atoms with E-state index in [9.17, 15) is 22.4 Å². The van der Waals surface area contributed by atoms with Gasteiger partial charge in [0.05, 0.1) is 13.0 Å². The summed E-state index contributed by atoms with van der Waals surface area (Å²) in [5.74, 6) is -5.80. The van der Waals surface area contributed by atoms with Gasteiger partial charge in [-0.3, -0.25) is 0 Å². The summed E-state index contributed by atoms with van der Waals surface area (Å²) in [6, 6.07) is 5.94. The fraction of sp³-hybridized carbons (Fsp3) is 0.471. The molecule has 0 amide bonds. The second kappa shape index (κ2) is 7.15. The molecule has 0 N–H and O–H groups in total. The summed E-state index contributed by atoms with van der Waals surface area (Å²) in [6.07, 6.45) is -3.64. The number of alkyl halides is 2. The standard InChI is InChI=1S/C17H20F4O2/c1-5-23-15(22)17(20,21)10-13(14(18)19)11-6-8-12(9-7-11)16(2,3)4/h6-9H,5,10H2,1-4H3. The van der Waals surface area contributed by atoms with Crippen LogP contribution in [0.4, 0.5) is 17.6 Å². The van der Waals surface area contributed by atoms with Gasteiger partial charge >= 0.3 is 11.9 Å². The van der Waals surface area contributed by atoms with E-state index in [1.165, 1.54) is 19.1 Å². The quantitative estimate of drug-likeness (QED) is 0.548. The molecular weight excluding hydrogens is 312 g/mol. The van der Waals surface area contributed by atoms with Crippen LogP contribution in [-0.4, -0.2) is 18.5 Å². The van der Waals surface area contributed by atoms with E-state index in [-0.39, 0.29) is 17.6 Å². The third kappa shape index (κ3) is 5.08. The third-order valence-corrected chi connectivity index (χ3v) is 3.30. The topological polar surface area (TPSA) is 26.3 Å². The molecule has 0 aliphatic rings. The van der Waals surface area contributed by atoms with Crippen LogP contribution < -0.4 is 0 Å². The zero-order chi connectivity index (χ0) is 17.8. The van der Waals surface area contributed by atoms with Crippen LogP contribution in [0.25, 0.3) is 5.57 Å². The van der Waals surface area contributed by atoms with Gasteiger partial charge in [-0.15, -0.1) is 0 Å². The average Bonchev–Trinajstić information content (AvgIpc) is 2.44. The number of carbonyl (C=O) groups is 1. The highest BCUT2D eigenvalue weighted by Gasteiger charge is 2.42. The maximum Gasteiger partial charge on any atom is 0.377 e. The summed E-state index contributed by atoms with van der Waals surface area (Å²) in [4.78, 5) is 11.2. The van der Waals surface area contributed by atoms with Crippen LogP contribution >= 0.6 is 0 Å². The summed E-state index contributed by atoms with van der Waals surface area (Å²) >= 11 is 0. The molecule has 23 heavy (non-hydrogen) atoms. The van der Waals surface area contributed by atoms with E-state index < -0.39 is 30.0 Å². The maximum atomic E-state index is 13.7. The van der Waals surface area contributed by atoms with Crippen LogP contribution in [0.1, 0.15) is 45.2 Å². The van der Waals surface area contributed by atoms with Crippen molar-refractivity contribution < 1.29 is 27.1 Å². The first-order valence-corrected chi connectivity index (χ1v) is 7.19. The van der Waals surface area contributed by atoms with Crippen molar-refractivity contribution in [2.75, 3.05) is 6.61 Å². The Hall–Kier alpha value is -1.85. The second-order valence-electron chi connectivity index (χ2n) is 6.17. The lowest BCUT2D eigenvalue weighted by atomic mass is 9.86. The van der Waals surface area contributed by atoms with E-state index in [1.54, 1.807) is 12.1 Å². The van der Waals surface area contributed by atoms with Crippen molar-refractivity contribution in [3.05, 3.63) is 41.5 Å². The molecule has 1 rings (SSSR count). The minimum absolute atomic E-state index is 0.0398. The summed E-state index contributed by atoms with van der Waals surface area (Å²) < 4.78 is 57.9. The van der Waals surface area contributed by atoms with E-state index >= 15 is 0 Å². The van der Waals surface area contributed by atoms with Crippen molar-refractivity contribution in [1.82, 2.24) is 0 Å². The molecule has 0 saturated heterocycles. The molecule has 0 bridgehead atoms. The first-order valence-electron chi connectivity index (χ1n) is 7.19. The predicted molar refractivity (Wildman–Crippen MR) is 80.5 cm³/mol. The van der Waals surface area contributed by atoms with Crippen LogP contribution in [-0.2, 0) is 14.9 Å². The molecule has 0 unspecified atom stereocenters. The fourth-order valence-electron chi connectivity index (χ4n) is 1.98. The largest absolute Gasteiger partial charge is 0.462 e. The van der Waals surface area contributed by atoms with Crippen molar-refractivity contribution >= 4 is 11.5 Å². The van der Waals surface area contributed by atoms with Gasteiger partial charge in [0.25, 0.3) is 6.08 Å². The Bertz CT molecular complexity index is 580. The summed E-state index contributed by atoms with van der Waals surface area (Å²) in [6.45, 7) is 6.97. The monoisotopic (exact) mass is 332 g/mol. The average molecular weight is 332 g/mol. The summed E-state index contributed by atoms with van der Waals surface area (Å²) in [7, 11) is 0. The molecule has 0 radical (unpaired) electrons. The molecule has 0 aliphatic carbocycles. The first kappa shape index (κ1) is 19.2. The van der Waals surface area contributed by atoms with Crippen LogP contribution in [0.5, 0.6) is 0 Å². The zero-order valence-corrected chi connectivity index (χ0v) is 13.6. The predicted octanol–water partition coefficient (Wildman–Crippen LogP) is 5.18. The van der Waals surface area contributed by atoms with Crippen LogP contribution in [0, 0.1) is 0 Å². The highest BCUT2D eigenvalue weighted by molar-refractivity contribution is 5.81. The SMILES string of the molecule is CCOC(=O)C(F)(F)CC(=C(F)F)c1ccc(C(C)(C)C)cc1.